The largest absolute Gasteiger partial charge is 0.490 e. The Balaban J connectivity index is 2.06. The van der Waals surface area contributed by atoms with Crippen LogP contribution in [0.25, 0.3) is 0 Å². The Kier molecular flexibility index (Phi) is 8.49. The van der Waals surface area contributed by atoms with Gasteiger partial charge in [-0.25, -0.2) is 13.6 Å². The number of ether oxygens (including phenoxy) is 2. The fourth-order valence-corrected chi connectivity index (χ4v) is 3.42. The van der Waals surface area contributed by atoms with Crippen molar-refractivity contribution in [3.8, 4) is 11.5 Å². The number of nitrogens with one attached hydrogen (secondary N) is 2. The molecule has 0 saturated heterocycles. The van der Waals surface area contributed by atoms with E-state index < -0.39 is 10.0 Å². The van der Waals surface area contributed by atoms with Crippen molar-refractivity contribution >= 4 is 16.0 Å². The number of hydrogen-bond donors (Lipinski definition) is 3. The van der Waals surface area contributed by atoms with Crippen LogP contribution < -0.4 is 25.2 Å². The summed E-state index contributed by atoms with van der Waals surface area (Å²) in [5.41, 5.74) is 1.79. The van der Waals surface area contributed by atoms with E-state index in [-0.39, 0.29) is 10.9 Å². The average molecular weight is 435 g/mol. The molecule has 0 heterocycles. The normalized spacial score (nSPS) is 12.9. The van der Waals surface area contributed by atoms with Gasteiger partial charge in [0.15, 0.2) is 17.5 Å². The van der Waals surface area contributed by atoms with E-state index in [0.717, 1.165) is 11.1 Å². The molecule has 4 N–H and O–H groups in total. The van der Waals surface area contributed by atoms with E-state index in [1.807, 2.05) is 45.0 Å². The van der Waals surface area contributed by atoms with Crippen molar-refractivity contribution in [2.24, 2.45) is 10.1 Å². The van der Waals surface area contributed by atoms with E-state index in [4.69, 9.17) is 14.6 Å². The molecule has 2 aromatic rings. The molecular weight excluding hydrogens is 404 g/mol. The third kappa shape index (κ3) is 6.64. The zero-order valence-corrected chi connectivity index (χ0v) is 18.6. The lowest BCUT2D eigenvalue weighted by molar-refractivity contribution is 0.287. The van der Waals surface area contributed by atoms with Crippen molar-refractivity contribution in [3.63, 3.8) is 0 Å². The lowest BCUT2D eigenvalue weighted by atomic mass is 10.1. The first-order valence-electron chi connectivity index (χ1n) is 9.77. The van der Waals surface area contributed by atoms with Crippen LogP contribution in [0.4, 0.5) is 0 Å². The van der Waals surface area contributed by atoms with Crippen LogP contribution in [0.15, 0.2) is 52.4 Å². The fourth-order valence-electron chi connectivity index (χ4n) is 2.84. The second kappa shape index (κ2) is 10.8. The van der Waals surface area contributed by atoms with Gasteiger partial charge in [0.2, 0.25) is 10.0 Å². The van der Waals surface area contributed by atoms with Crippen molar-refractivity contribution in [2.75, 3.05) is 20.3 Å². The van der Waals surface area contributed by atoms with Crippen molar-refractivity contribution in [3.05, 3.63) is 53.6 Å². The number of guanidine groups is 1. The highest BCUT2D eigenvalue weighted by Crippen LogP contribution is 2.30. The molecule has 0 aliphatic carbocycles. The van der Waals surface area contributed by atoms with Gasteiger partial charge in [0.1, 0.15) is 0 Å². The quantitative estimate of drug-likeness (QED) is 0.413. The molecular formula is C21H30N4O4S. The molecule has 0 saturated carbocycles. The van der Waals surface area contributed by atoms with Gasteiger partial charge in [-0.15, -0.1) is 0 Å². The second-order valence-electron chi connectivity index (χ2n) is 6.56. The maximum atomic E-state index is 11.5. The van der Waals surface area contributed by atoms with Gasteiger partial charge in [0.05, 0.1) is 24.2 Å². The molecule has 0 bridgehead atoms. The summed E-state index contributed by atoms with van der Waals surface area (Å²) in [7, 11) is -2.06. The molecule has 0 amide bonds. The molecule has 164 valence electrons. The molecule has 1 unspecified atom stereocenters. The van der Waals surface area contributed by atoms with Gasteiger partial charge in [0, 0.05) is 13.6 Å². The van der Waals surface area contributed by atoms with Crippen LogP contribution >= 0.6 is 0 Å². The number of primary sulfonamides is 1. The van der Waals surface area contributed by atoms with E-state index in [1.165, 1.54) is 6.07 Å². The van der Waals surface area contributed by atoms with Crippen molar-refractivity contribution < 1.29 is 17.9 Å². The van der Waals surface area contributed by atoms with Crippen LogP contribution in [0, 0.1) is 0 Å². The molecule has 0 aliphatic heterocycles. The van der Waals surface area contributed by atoms with Gasteiger partial charge < -0.3 is 20.1 Å². The van der Waals surface area contributed by atoms with Crippen LogP contribution in [0.2, 0.25) is 0 Å². The number of sulfonamides is 1. The molecule has 0 aliphatic rings. The minimum atomic E-state index is -3.74. The van der Waals surface area contributed by atoms with Crippen LogP contribution in [0.3, 0.4) is 0 Å². The summed E-state index contributed by atoms with van der Waals surface area (Å²) < 4.78 is 34.4. The van der Waals surface area contributed by atoms with Gasteiger partial charge in [-0.1, -0.05) is 18.2 Å². The standard InChI is InChI=1S/C21H30N4O4S/c1-5-28-19-11-10-17(13-20(19)29-6-2)15(3)25-21(23-4)24-14-16-8-7-9-18(12-16)30(22,26)27/h7-13,15H,5-6,14H2,1-4H3,(H2,22,26,27)(H2,23,24,25). The van der Waals surface area contributed by atoms with Gasteiger partial charge in [-0.2, -0.15) is 0 Å². The van der Waals surface area contributed by atoms with Crippen molar-refractivity contribution in [1.82, 2.24) is 10.6 Å². The number of nitrogens with two attached hydrogens (primary N) is 1. The van der Waals surface area contributed by atoms with Gasteiger partial charge in [0.25, 0.3) is 0 Å². The minimum Gasteiger partial charge on any atom is -0.490 e. The summed E-state index contributed by atoms with van der Waals surface area (Å²) in [6, 6.07) is 12.3. The van der Waals surface area contributed by atoms with Crippen LogP contribution in [0.1, 0.15) is 37.9 Å². The molecule has 0 spiro atoms. The highest BCUT2D eigenvalue weighted by molar-refractivity contribution is 7.89. The fraction of sp³-hybridized carbons (Fsp3) is 0.381. The van der Waals surface area contributed by atoms with Gasteiger partial charge >= 0.3 is 0 Å². The maximum Gasteiger partial charge on any atom is 0.238 e. The lowest BCUT2D eigenvalue weighted by Gasteiger charge is -2.20. The van der Waals surface area contributed by atoms with Gasteiger partial charge in [-0.05, 0) is 56.2 Å². The Morgan fingerprint density at radius 3 is 2.43 bits per heavy atom. The number of aliphatic imine (C=N–C) groups is 1. The Morgan fingerprint density at radius 1 is 1.10 bits per heavy atom. The second-order valence-corrected chi connectivity index (χ2v) is 8.12. The predicted molar refractivity (Wildman–Crippen MR) is 118 cm³/mol. The molecule has 9 heteroatoms. The highest BCUT2D eigenvalue weighted by Gasteiger charge is 2.13. The Bertz CT molecular complexity index is 977. The molecule has 2 aromatic carbocycles. The molecule has 0 radical (unpaired) electrons. The maximum absolute atomic E-state index is 11.5. The Labute approximate surface area is 178 Å². The van der Waals surface area contributed by atoms with Crippen LogP contribution in [-0.2, 0) is 16.6 Å². The summed E-state index contributed by atoms with van der Waals surface area (Å²) >= 11 is 0. The van der Waals surface area contributed by atoms with E-state index in [0.29, 0.717) is 37.2 Å². The first kappa shape index (κ1) is 23.5. The van der Waals surface area contributed by atoms with Crippen LogP contribution in [-0.4, -0.2) is 34.6 Å². The number of nitrogens with zero attached hydrogens (tertiary/aromatic N) is 1. The summed E-state index contributed by atoms with van der Waals surface area (Å²) in [5, 5.41) is 11.7. The van der Waals surface area contributed by atoms with E-state index in [9.17, 15) is 8.42 Å². The highest BCUT2D eigenvalue weighted by atomic mass is 32.2. The summed E-state index contributed by atoms with van der Waals surface area (Å²) in [5.74, 6) is 2.00. The lowest BCUT2D eigenvalue weighted by Crippen LogP contribution is -2.38. The smallest absolute Gasteiger partial charge is 0.238 e. The number of benzene rings is 2. The Morgan fingerprint density at radius 2 is 1.80 bits per heavy atom. The molecule has 1 atom stereocenters. The van der Waals surface area contributed by atoms with Gasteiger partial charge in [-0.3, -0.25) is 4.99 Å². The molecule has 2 rings (SSSR count). The first-order chi connectivity index (χ1) is 14.3. The zero-order valence-electron chi connectivity index (χ0n) is 17.8. The SMILES string of the molecule is CCOc1ccc(C(C)NC(=NC)NCc2cccc(S(N)(=O)=O)c2)cc1OCC. The summed E-state index contributed by atoms with van der Waals surface area (Å²) in [6.45, 7) is 7.38. The number of hydrogen-bond acceptors (Lipinski definition) is 5. The molecule has 8 nitrogen and oxygen atoms in total. The van der Waals surface area contributed by atoms with Crippen molar-refractivity contribution in [2.45, 2.75) is 38.3 Å². The molecule has 0 aromatic heterocycles. The molecule has 0 fully saturated rings. The minimum absolute atomic E-state index is 0.0539. The monoisotopic (exact) mass is 434 g/mol. The predicted octanol–water partition coefficient (Wildman–Crippen LogP) is 2.56. The topological polar surface area (TPSA) is 115 Å². The zero-order chi connectivity index (χ0) is 22.1. The van der Waals surface area contributed by atoms with E-state index in [1.54, 1.807) is 19.2 Å². The first-order valence-corrected chi connectivity index (χ1v) is 11.3. The average Bonchev–Trinajstić information content (AvgIpc) is 2.72. The van der Waals surface area contributed by atoms with Crippen molar-refractivity contribution in [1.29, 1.82) is 0 Å². The van der Waals surface area contributed by atoms with E-state index >= 15 is 0 Å². The number of rotatable bonds is 9. The van der Waals surface area contributed by atoms with E-state index in [2.05, 4.69) is 15.6 Å². The molecule has 30 heavy (non-hydrogen) atoms. The van der Waals surface area contributed by atoms with Crippen LogP contribution in [0.5, 0.6) is 11.5 Å². The third-order valence-electron chi connectivity index (χ3n) is 4.33. The summed E-state index contributed by atoms with van der Waals surface area (Å²) in [4.78, 5) is 4.32. The summed E-state index contributed by atoms with van der Waals surface area (Å²) in [6.07, 6.45) is 0. The Hall–Kier alpha value is -2.78. The third-order valence-corrected chi connectivity index (χ3v) is 5.24.